The van der Waals surface area contributed by atoms with E-state index < -0.39 is 29.1 Å². The van der Waals surface area contributed by atoms with Crippen LogP contribution in [0.3, 0.4) is 0 Å². The number of carboxylic acids is 1. The number of nitrogens with zero attached hydrogens (tertiary/aromatic N) is 1. The van der Waals surface area contributed by atoms with Gasteiger partial charge >= 0.3 is 12.1 Å². The maximum absolute atomic E-state index is 12.0. The number of carbonyl (C=O) groups excluding carboxylic acids is 1. The molecule has 1 amide bonds. The number of ether oxygens (including phenoxy) is 1. The van der Waals surface area contributed by atoms with Gasteiger partial charge < -0.3 is 9.84 Å². The molecule has 1 unspecified atom stereocenters. The van der Waals surface area contributed by atoms with Crippen molar-refractivity contribution in [1.29, 1.82) is 0 Å². The molecule has 1 aromatic rings. The van der Waals surface area contributed by atoms with Crippen molar-refractivity contribution in [1.82, 2.24) is 9.97 Å². The number of aryl methyl sites for hydroxylation is 1. The number of amides is 1. The first-order valence-corrected chi connectivity index (χ1v) is 7.00. The molecule has 0 saturated carbocycles. The summed E-state index contributed by atoms with van der Waals surface area (Å²) < 4.78 is 5.08. The number of carboxylic acid groups (broad SMARTS) is 1. The lowest BCUT2D eigenvalue weighted by Gasteiger charge is -2.21. The lowest BCUT2D eigenvalue weighted by atomic mass is 9.87. The number of anilines is 1. The van der Waals surface area contributed by atoms with Crippen molar-refractivity contribution in [2.75, 3.05) is 5.32 Å². The summed E-state index contributed by atoms with van der Waals surface area (Å²) in [4.78, 5) is 41.3. The molecule has 0 spiro atoms. The van der Waals surface area contributed by atoms with E-state index in [1.807, 2.05) is 0 Å². The van der Waals surface area contributed by atoms with Crippen molar-refractivity contribution in [3.8, 4) is 0 Å². The first-order chi connectivity index (χ1) is 10.2. The molecule has 2 rings (SSSR count). The Hall–Kier alpha value is -2.38. The minimum atomic E-state index is -0.916. The van der Waals surface area contributed by atoms with Crippen LogP contribution >= 0.6 is 0 Å². The normalized spacial score (nSPS) is 17.5. The Morgan fingerprint density at radius 3 is 2.68 bits per heavy atom. The van der Waals surface area contributed by atoms with Crippen LogP contribution in [0.5, 0.6) is 0 Å². The fourth-order valence-electron chi connectivity index (χ4n) is 2.29. The SMILES string of the molecule is CC(C)(C)OC(=O)Nc1nc2c(c(=O)[nH]1)CC(C(=O)O)CC2. The summed E-state index contributed by atoms with van der Waals surface area (Å²) >= 11 is 0. The maximum atomic E-state index is 12.0. The van der Waals surface area contributed by atoms with Gasteiger partial charge in [-0.3, -0.25) is 19.9 Å². The van der Waals surface area contributed by atoms with E-state index in [-0.39, 0.29) is 12.4 Å². The monoisotopic (exact) mass is 309 g/mol. The van der Waals surface area contributed by atoms with Crippen LogP contribution in [0.4, 0.5) is 10.7 Å². The van der Waals surface area contributed by atoms with Crippen LogP contribution in [0.25, 0.3) is 0 Å². The molecule has 1 aliphatic rings. The van der Waals surface area contributed by atoms with Crippen molar-refractivity contribution in [2.24, 2.45) is 5.92 Å². The Morgan fingerprint density at radius 2 is 2.09 bits per heavy atom. The molecular weight excluding hydrogens is 290 g/mol. The molecule has 22 heavy (non-hydrogen) atoms. The molecule has 0 aromatic carbocycles. The third-order valence-electron chi connectivity index (χ3n) is 3.25. The molecule has 0 bridgehead atoms. The van der Waals surface area contributed by atoms with Gasteiger partial charge in [0.1, 0.15) is 5.60 Å². The van der Waals surface area contributed by atoms with E-state index >= 15 is 0 Å². The number of hydrogen-bond donors (Lipinski definition) is 3. The number of rotatable bonds is 2. The Labute approximate surface area is 126 Å². The predicted molar refractivity (Wildman–Crippen MR) is 77.9 cm³/mol. The zero-order chi connectivity index (χ0) is 16.5. The fourth-order valence-corrected chi connectivity index (χ4v) is 2.29. The predicted octanol–water partition coefficient (Wildman–Crippen LogP) is 1.31. The fraction of sp³-hybridized carbons (Fsp3) is 0.571. The molecule has 3 N–H and O–H groups in total. The third-order valence-corrected chi connectivity index (χ3v) is 3.25. The van der Waals surface area contributed by atoms with Gasteiger partial charge in [-0.1, -0.05) is 0 Å². The number of nitrogens with one attached hydrogen (secondary N) is 2. The average Bonchev–Trinajstić information content (AvgIpc) is 2.35. The minimum Gasteiger partial charge on any atom is -0.481 e. The maximum Gasteiger partial charge on any atom is 0.414 e. The first-order valence-electron chi connectivity index (χ1n) is 7.00. The van der Waals surface area contributed by atoms with Crippen molar-refractivity contribution >= 4 is 18.0 Å². The lowest BCUT2D eigenvalue weighted by molar-refractivity contribution is -0.142. The zero-order valence-electron chi connectivity index (χ0n) is 12.7. The Morgan fingerprint density at radius 1 is 1.41 bits per heavy atom. The molecule has 8 nitrogen and oxygen atoms in total. The highest BCUT2D eigenvalue weighted by molar-refractivity contribution is 5.82. The van der Waals surface area contributed by atoms with Crippen LogP contribution in [0, 0.1) is 5.92 Å². The molecule has 120 valence electrons. The van der Waals surface area contributed by atoms with Crippen LogP contribution < -0.4 is 10.9 Å². The standard InChI is InChI=1S/C14H19N3O5/c1-14(2,3)22-13(21)17-12-15-9-5-4-7(11(19)20)6-8(9)10(18)16-12/h7H,4-6H2,1-3H3,(H,19,20)(H2,15,16,17,18,21). The molecule has 8 heteroatoms. The third kappa shape index (κ3) is 3.84. The summed E-state index contributed by atoms with van der Waals surface area (Å²) in [5.74, 6) is -1.48. The number of aromatic amines is 1. The summed E-state index contributed by atoms with van der Waals surface area (Å²) in [6.07, 6.45) is 0.249. The largest absolute Gasteiger partial charge is 0.481 e. The first kappa shape index (κ1) is 16.0. The van der Waals surface area contributed by atoms with Crippen LogP contribution in [-0.4, -0.2) is 32.7 Å². The molecule has 1 aliphatic carbocycles. The summed E-state index contributed by atoms with van der Waals surface area (Å²) in [6, 6.07) is 0. The van der Waals surface area contributed by atoms with Gasteiger partial charge in [0, 0.05) is 5.56 Å². The van der Waals surface area contributed by atoms with Crippen LogP contribution in [0.15, 0.2) is 4.79 Å². The molecule has 0 aliphatic heterocycles. The number of aliphatic carboxylic acids is 1. The van der Waals surface area contributed by atoms with Gasteiger partial charge in [0.25, 0.3) is 5.56 Å². The van der Waals surface area contributed by atoms with E-state index in [1.54, 1.807) is 20.8 Å². The molecule has 0 radical (unpaired) electrons. The quantitative estimate of drug-likeness (QED) is 0.757. The van der Waals surface area contributed by atoms with Crippen molar-refractivity contribution in [2.45, 2.75) is 45.6 Å². The Kier molecular flexibility index (Phi) is 4.20. The molecule has 1 aromatic heterocycles. The second kappa shape index (κ2) is 5.78. The molecule has 0 fully saturated rings. The van der Waals surface area contributed by atoms with E-state index in [0.717, 1.165) is 0 Å². The van der Waals surface area contributed by atoms with Gasteiger partial charge in [-0.05, 0) is 40.0 Å². The van der Waals surface area contributed by atoms with Crippen molar-refractivity contribution in [3.63, 3.8) is 0 Å². The molecule has 0 saturated heterocycles. The second-order valence-corrected chi connectivity index (χ2v) is 6.24. The number of carbonyl (C=O) groups is 2. The second-order valence-electron chi connectivity index (χ2n) is 6.24. The van der Waals surface area contributed by atoms with Gasteiger partial charge in [-0.25, -0.2) is 9.78 Å². The molecule has 1 atom stereocenters. The van der Waals surface area contributed by atoms with Gasteiger partial charge in [0.2, 0.25) is 5.95 Å². The van der Waals surface area contributed by atoms with Gasteiger partial charge in [-0.2, -0.15) is 0 Å². The molecule has 1 heterocycles. The van der Waals surface area contributed by atoms with E-state index in [1.165, 1.54) is 0 Å². The number of hydrogen-bond acceptors (Lipinski definition) is 5. The lowest BCUT2D eigenvalue weighted by Crippen LogP contribution is -2.32. The Balaban J connectivity index is 2.18. The van der Waals surface area contributed by atoms with Crippen LogP contribution in [0.2, 0.25) is 0 Å². The smallest absolute Gasteiger partial charge is 0.414 e. The summed E-state index contributed by atoms with van der Waals surface area (Å²) in [6.45, 7) is 5.17. The topological polar surface area (TPSA) is 121 Å². The van der Waals surface area contributed by atoms with Crippen LogP contribution in [-0.2, 0) is 22.4 Å². The minimum absolute atomic E-state index is 0.00627. The molecular formula is C14H19N3O5. The zero-order valence-corrected chi connectivity index (χ0v) is 12.7. The van der Waals surface area contributed by atoms with E-state index in [2.05, 4.69) is 15.3 Å². The summed E-state index contributed by atoms with van der Waals surface area (Å²) in [5.41, 5.74) is -0.199. The highest BCUT2D eigenvalue weighted by atomic mass is 16.6. The average molecular weight is 309 g/mol. The van der Waals surface area contributed by atoms with E-state index in [0.29, 0.717) is 24.1 Å². The van der Waals surface area contributed by atoms with Crippen molar-refractivity contribution in [3.05, 3.63) is 21.6 Å². The number of aromatic nitrogens is 2. The number of H-pyrrole nitrogens is 1. The van der Waals surface area contributed by atoms with Gasteiger partial charge in [0.05, 0.1) is 11.6 Å². The number of fused-ring (bicyclic) bond motifs is 1. The van der Waals surface area contributed by atoms with Gasteiger partial charge in [-0.15, -0.1) is 0 Å². The summed E-state index contributed by atoms with van der Waals surface area (Å²) in [5, 5.41) is 11.4. The van der Waals surface area contributed by atoms with Crippen LogP contribution in [0.1, 0.15) is 38.4 Å². The van der Waals surface area contributed by atoms with E-state index in [4.69, 9.17) is 9.84 Å². The Bertz CT molecular complexity index is 659. The highest BCUT2D eigenvalue weighted by Crippen LogP contribution is 2.22. The van der Waals surface area contributed by atoms with Crippen molar-refractivity contribution < 1.29 is 19.4 Å². The highest BCUT2D eigenvalue weighted by Gasteiger charge is 2.28. The van der Waals surface area contributed by atoms with Gasteiger partial charge in [0.15, 0.2) is 0 Å². The van der Waals surface area contributed by atoms with E-state index in [9.17, 15) is 14.4 Å². The summed E-state index contributed by atoms with van der Waals surface area (Å²) in [7, 11) is 0.